The summed E-state index contributed by atoms with van der Waals surface area (Å²) in [5.41, 5.74) is 2.32. The van der Waals surface area contributed by atoms with Gasteiger partial charge in [0.1, 0.15) is 17.5 Å². The van der Waals surface area contributed by atoms with E-state index in [1.54, 1.807) is 22.9 Å². The van der Waals surface area contributed by atoms with E-state index in [1.807, 2.05) is 13.8 Å². The molecule has 2 aromatic rings. The molecule has 2 rings (SSSR count). The number of benzene rings is 1. The molecule has 0 N–H and O–H groups in total. The lowest BCUT2D eigenvalue weighted by Gasteiger charge is -2.06. The van der Waals surface area contributed by atoms with Crippen molar-refractivity contribution in [3.05, 3.63) is 49.7 Å². The molecule has 21 heavy (non-hydrogen) atoms. The van der Waals surface area contributed by atoms with E-state index in [1.165, 1.54) is 0 Å². The van der Waals surface area contributed by atoms with Gasteiger partial charge in [0.2, 0.25) is 0 Å². The van der Waals surface area contributed by atoms with E-state index in [9.17, 15) is 10.1 Å². The lowest BCUT2D eigenvalue weighted by atomic mass is 10.2. The fourth-order valence-electron chi connectivity index (χ4n) is 2.20. The van der Waals surface area contributed by atoms with Crippen molar-refractivity contribution >= 4 is 21.6 Å². The minimum absolute atomic E-state index is 0.0838. The Labute approximate surface area is 130 Å². The highest BCUT2D eigenvalue weighted by molar-refractivity contribution is 9.10. The third-order valence-corrected chi connectivity index (χ3v) is 3.85. The van der Waals surface area contributed by atoms with Gasteiger partial charge in [0.15, 0.2) is 0 Å². The first-order valence-corrected chi connectivity index (χ1v) is 7.27. The summed E-state index contributed by atoms with van der Waals surface area (Å²) >= 11 is 3.32. The predicted molar refractivity (Wildman–Crippen MR) is 81.4 cm³/mol. The molecule has 0 aliphatic heterocycles. The monoisotopic (exact) mass is 348 g/mol. The molecule has 6 nitrogen and oxygen atoms in total. The second-order valence-corrected chi connectivity index (χ2v) is 5.25. The number of halogens is 1. The third kappa shape index (κ3) is 2.67. The van der Waals surface area contributed by atoms with Crippen molar-refractivity contribution in [2.24, 2.45) is 0 Å². The van der Waals surface area contributed by atoms with Crippen molar-refractivity contribution in [1.29, 1.82) is 5.26 Å². The minimum atomic E-state index is -0.375. The average Bonchev–Trinajstić information content (AvgIpc) is 2.85. The molecule has 0 amide bonds. The molecule has 0 unspecified atom stereocenters. The Morgan fingerprint density at radius 3 is 2.62 bits per heavy atom. The second kappa shape index (κ2) is 6.06. The number of nitro groups is 1. The van der Waals surface area contributed by atoms with Gasteiger partial charge in [-0.2, -0.15) is 10.4 Å². The van der Waals surface area contributed by atoms with E-state index in [0.717, 1.165) is 0 Å². The largest absolute Gasteiger partial charge is 0.313 e. The van der Waals surface area contributed by atoms with Crippen molar-refractivity contribution in [3.8, 4) is 11.8 Å². The van der Waals surface area contributed by atoms with Gasteiger partial charge in [0.05, 0.1) is 16.2 Å². The molecule has 108 valence electrons. The molecule has 7 heteroatoms. The average molecular weight is 349 g/mol. The molecule has 0 saturated heterocycles. The number of aryl methyl sites for hydroxylation is 1. The maximum atomic E-state index is 11.3. The molecule has 0 aliphatic rings. The van der Waals surface area contributed by atoms with Crippen LogP contribution in [0.3, 0.4) is 0 Å². The molecule has 1 heterocycles. The molecule has 1 aromatic carbocycles. The molecule has 0 atom stereocenters. The quantitative estimate of drug-likeness (QED) is 0.624. The number of nitriles is 1. The lowest BCUT2D eigenvalue weighted by Crippen LogP contribution is -2.03. The molecular weight excluding hydrogens is 336 g/mol. The zero-order valence-corrected chi connectivity index (χ0v) is 13.2. The van der Waals surface area contributed by atoms with Crippen LogP contribution in [-0.2, 0) is 12.8 Å². The Morgan fingerprint density at radius 2 is 2.14 bits per heavy atom. The van der Waals surface area contributed by atoms with Crippen LogP contribution in [0.4, 0.5) is 5.69 Å². The molecular formula is C14H13BrN4O2. The van der Waals surface area contributed by atoms with Crippen LogP contribution in [0.5, 0.6) is 0 Å². The molecule has 0 spiro atoms. The third-order valence-electron chi connectivity index (χ3n) is 3.19. The Hall–Kier alpha value is -2.20. The van der Waals surface area contributed by atoms with E-state index in [0.29, 0.717) is 40.0 Å². The van der Waals surface area contributed by atoms with Gasteiger partial charge in [-0.25, -0.2) is 4.68 Å². The zero-order chi connectivity index (χ0) is 15.6. The van der Waals surface area contributed by atoms with E-state index >= 15 is 0 Å². The smallest absolute Gasteiger partial charge is 0.258 e. The van der Waals surface area contributed by atoms with E-state index in [-0.39, 0.29) is 10.6 Å². The summed E-state index contributed by atoms with van der Waals surface area (Å²) in [5.74, 6) is 0. The van der Waals surface area contributed by atoms with Crippen LogP contribution in [0.1, 0.15) is 30.8 Å². The van der Waals surface area contributed by atoms with Crippen LogP contribution in [0.2, 0.25) is 0 Å². The standard InChI is InChI=1S/C14H13BrN4O2/c1-3-12-14(19(20)21)13(4-2)18(17-12)10-6-5-9(8-16)11(15)7-10/h5-7H,3-4H2,1-2H3. The highest BCUT2D eigenvalue weighted by Crippen LogP contribution is 2.28. The van der Waals surface area contributed by atoms with Gasteiger partial charge in [-0.1, -0.05) is 13.8 Å². The first-order valence-electron chi connectivity index (χ1n) is 6.48. The summed E-state index contributed by atoms with van der Waals surface area (Å²) < 4.78 is 2.23. The molecule has 1 aromatic heterocycles. The maximum Gasteiger partial charge on any atom is 0.313 e. The normalized spacial score (nSPS) is 10.4. The van der Waals surface area contributed by atoms with Crippen LogP contribution >= 0.6 is 15.9 Å². The van der Waals surface area contributed by atoms with Crippen molar-refractivity contribution in [1.82, 2.24) is 9.78 Å². The summed E-state index contributed by atoms with van der Waals surface area (Å²) in [6.07, 6.45) is 0.995. The van der Waals surface area contributed by atoms with E-state index < -0.39 is 0 Å². The van der Waals surface area contributed by atoms with Gasteiger partial charge >= 0.3 is 5.69 Å². The second-order valence-electron chi connectivity index (χ2n) is 4.39. The molecule has 0 bridgehead atoms. The van der Waals surface area contributed by atoms with Crippen LogP contribution in [0.15, 0.2) is 22.7 Å². The van der Waals surface area contributed by atoms with Crippen molar-refractivity contribution < 1.29 is 4.92 Å². The number of hydrogen-bond acceptors (Lipinski definition) is 4. The fraction of sp³-hybridized carbons (Fsp3) is 0.286. The van der Waals surface area contributed by atoms with Gasteiger partial charge in [0.25, 0.3) is 0 Å². The van der Waals surface area contributed by atoms with Gasteiger partial charge in [-0.05, 0) is 47.0 Å². The summed E-state index contributed by atoms with van der Waals surface area (Å²) in [6, 6.07) is 7.21. The zero-order valence-electron chi connectivity index (χ0n) is 11.6. The number of aromatic nitrogens is 2. The maximum absolute atomic E-state index is 11.3. The Morgan fingerprint density at radius 1 is 1.43 bits per heavy atom. The van der Waals surface area contributed by atoms with Crippen LogP contribution in [0.25, 0.3) is 5.69 Å². The molecule has 0 radical (unpaired) electrons. The van der Waals surface area contributed by atoms with Crippen molar-refractivity contribution in [2.75, 3.05) is 0 Å². The van der Waals surface area contributed by atoms with Crippen LogP contribution < -0.4 is 0 Å². The van der Waals surface area contributed by atoms with Gasteiger partial charge in [0, 0.05) is 4.47 Å². The van der Waals surface area contributed by atoms with Gasteiger partial charge in [-0.15, -0.1) is 0 Å². The predicted octanol–water partition coefficient (Wildman–Crippen LogP) is 3.54. The Kier molecular flexibility index (Phi) is 4.38. The Balaban J connectivity index is 2.67. The first-order chi connectivity index (χ1) is 10.0. The Bertz CT molecular complexity index is 746. The van der Waals surface area contributed by atoms with E-state index in [4.69, 9.17) is 5.26 Å². The highest BCUT2D eigenvalue weighted by atomic mass is 79.9. The highest BCUT2D eigenvalue weighted by Gasteiger charge is 2.26. The number of hydrogen-bond donors (Lipinski definition) is 0. The molecule has 0 fully saturated rings. The topological polar surface area (TPSA) is 84.8 Å². The summed E-state index contributed by atoms with van der Waals surface area (Å²) in [5, 5.41) is 24.6. The molecule has 0 aliphatic carbocycles. The van der Waals surface area contributed by atoms with Gasteiger partial charge < -0.3 is 0 Å². The minimum Gasteiger partial charge on any atom is -0.258 e. The lowest BCUT2D eigenvalue weighted by molar-refractivity contribution is -0.386. The summed E-state index contributed by atoms with van der Waals surface area (Å²) in [7, 11) is 0. The SMILES string of the molecule is CCc1nn(-c2ccc(C#N)c(Br)c2)c(CC)c1[N+](=O)[O-]. The number of nitrogens with zero attached hydrogens (tertiary/aromatic N) is 4. The summed E-state index contributed by atoms with van der Waals surface area (Å²) in [6.45, 7) is 3.70. The van der Waals surface area contributed by atoms with E-state index in [2.05, 4.69) is 27.1 Å². The van der Waals surface area contributed by atoms with Crippen LogP contribution in [-0.4, -0.2) is 14.7 Å². The molecule has 0 saturated carbocycles. The van der Waals surface area contributed by atoms with Crippen LogP contribution in [0, 0.1) is 21.4 Å². The summed E-state index contributed by atoms with van der Waals surface area (Å²) in [4.78, 5) is 10.9. The fourth-order valence-corrected chi connectivity index (χ4v) is 2.66. The van der Waals surface area contributed by atoms with Gasteiger partial charge in [-0.3, -0.25) is 10.1 Å². The van der Waals surface area contributed by atoms with Crippen molar-refractivity contribution in [2.45, 2.75) is 26.7 Å². The van der Waals surface area contributed by atoms with Crippen molar-refractivity contribution in [3.63, 3.8) is 0 Å². The first kappa shape index (κ1) is 15.2. The number of rotatable bonds is 4.